The third-order valence-electron chi connectivity index (χ3n) is 5.67. The first-order valence-electron chi connectivity index (χ1n) is 9.96. The number of nitro groups is 1. The van der Waals surface area contributed by atoms with Crippen LogP contribution in [0.15, 0.2) is 51.4 Å². The minimum atomic E-state index is -0.591. The summed E-state index contributed by atoms with van der Waals surface area (Å²) in [6, 6.07) is 8.40. The van der Waals surface area contributed by atoms with E-state index in [0.717, 1.165) is 20.6 Å². The monoisotopic (exact) mass is 532 g/mol. The number of halogens is 2. The zero-order valence-electron chi connectivity index (χ0n) is 17.0. The van der Waals surface area contributed by atoms with Crippen LogP contribution in [0, 0.1) is 21.4 Å². The van der Waals surface area contributed by atoms with Gasteiger partial charge in [-0.15, -0.1) is 11.3 Å². The summed E-state index contributed by atoms with van der Waals surface area (Å²) in [6.45, 7) is 2.04. The Morgan fingerprint density at radius 1 is 1.41 bits per heavy atom. The molecular weight excluding hydrogens is 516 g/mol. The number of ketones is 1. The van der Waals surface area contributed by atoms with E-state index >= 15 is 0 Å². The molecule has 10 heteroatoms. The minimum Gasteiger partial charge on any atom is -0.384 e. The molecule has 0 radical (unpaired) electrons. The first-order chi connectivity index (χ1) is 15.3. The Bertz CT molecular complexity index is 1260. The van der Waals surface area contributed by atoms with E-state index in [1.54, 1.807) is 0 Å². The first-order valence-corrected chi connectivity index (χ1v) is 11.9. The molecule has 1 aromatic carbocycles. The Kier molecular flexibility index (Phi) is 6.12. The second-order valence-electron chi connectivity index (χ2n) is 7.48. The van der Waals surface area contributed by atoms with Crippen molar-refractivity contribution in [1.29, 1.82) is 5.26 Å². The fourth-order valence-corrected chi connectivity index (χ4v) is 6.49. The van der Waals surface area contributed by atoms with Crippen molar-refractivity contribution < 1.29 is 9.72 Å². The Morgan fingerprint density at radius 2 is 2.16 bits per heavy atom. The summed E-state index contributed by atoms with van der Waals surface area (Å²) in [6.07, 6.45) is 2.29. The predicted octanol–water partition coefficient (Wildman–Crippen LogP) is 5.94. The van der Waals surface area contributed by atoms with Crippen molar-refractivity contribution in [2.45, 2.75) is 38.5 Å². The van der Waals surface area contributed by atoms with Crippen LogP contribution in [0.1, 0.15) is 41.9 Å². The number of hydrogen-bond donors (Lipinski definition) is 1. The van der Waals surface area contributed by atoms with Crippen molar-refractivity contribution in [3.63, 3.8) is 0 Å². The van der Waals surface area contributed by atoms with Crippen LogP contribution in [0.4, 0.5) is 11.4 Å². The zero-order chi connectivity index (χ0) is 23.2. The number of thiophene rings is 1. The van der Waals surface area contributed by atoms with Gasteiger partial charge in [0, 0.05) is 43.0 Å². The summed E-state index contributed by atoms with van der Waals surface area (Å²) in [5, 5.41) is 22.1. The maximum absolute atomic E-state index is 13.2. The molecular formula is C22H18BrClN4O3S. The molecule has 1 atom stereocenters. The molecule has 164 valence electrons. The highest BCUT2D eigenvalue weighted by Gasteiger charge is 2.42. The fourth-order valence-electron chi connectivity index (χ4n) is 4.29. The standard InChI is InChI=1S/C22H18BrClN4O3S/c1-2-18-13(23)9-19(32-18)20-12(10-25)22(26)27(15-4-3-5-17(29)21(15)20)14-7-6-11(24)8-16(14)28(30)31/h6-9,20H,2-5,26H2,1H3. The van der Waals surface area contributed by atoms with Gasteiger partial charge in [0.15, 0.2) is 5.78 Å². The van der Waals surface area contributed by atoms with Crippen LogP contribution in [0.3, 0.4) is 0 Å². The van der Waals surface area contributed by atoms with Gasteiger partial charge in [-0.3, -0.25) is 19.8 Å². The topological polar surface area (TPSA) is 113 Å². The average molecular weight is 534 g/mol. The second kappa shape index (κ2) is 8.70. The molecule has 1 aliphatic heterocycles. The Morgan fingerprint density at radius 3 is 2.78 bits per heavy atom. The maximum Gasteiger partial charge on any atom is 0.294 e. The summed E-state index contributed by atoms with van der Waals surface area (Å²) < 4.78 is 0.928. The Hall–Kier alpha value is -2.67. The maximum atomic E-state index is 13.2. The molecule has 2 heterocycles. The van der Waals surface area contributed by atoms with Gasteiger partial charge in [0.2, 0.25) is 0 Å². The van der Waals surface area contributed by atoms with Crippen molar-refractivity contribution in [2.75, 3.05) is 4.90 Å². The summed E-state index contributed by atoms with van der Waals surface area (Å²) in [7, 11) is 0. The van der Waals surface area contributed by atoms with Gasteiger partial charge in [-0.05, 0) is 53.4 Å². The number of allylic oxidation sites excluding steroid dienone is 3. The van der Waals surface area contributed by atoms with E-state index < -0.39 is 10.8 Å². The van der Waals surface area contributed by atoms with Gasteiger partial charge in [-0.25, -0.2) is 0 Å². The average Bonchev–Trinajstić information content (AvgIpc) is 3.13. The number of nitriles is 1. The van der Waals surface area contributed by atoms with Gasteiger partial charge in [0.1, 0.15) is 11.5 Å². The highest BCUT2D eigenvalue weighted by atomic mass is 79.9. The molecule has 2 N–H and O–H groups in total. The SMILES string of the molecule is CCc1sc(C2C(C#N)=C(N)N(c3ccc(Cl)cc3[N+](=O)[O-])C3=C2C(=O)CCC3)cc1Br. The number of hydrogen-bond acceptors (Lipinski definition) is 7. The molecule has 0 spiro atoms. The molecule has 2 aliphatic rings. The van der Waals surface area contributed by atoms with Gasteiger partial charge in [-0.2, -0.15) is 5.26 Å². The first kappa shape index (κ1) is 22.5. The summed E-state index contributed by atoms with van der Waals surface area (Å²) in [5.41, 5.74) is 7.75. The molecule has 0 saturated heterocycles. The molecule has 32 heavy (non-hydrogen) atoms. The van der Waals surface area contributed by atoms with Gasteiger partial charge in [0.25, 0.3) is 5.69 Å². The lowest BCUT2D eigenvalue weighted by Crippen LogP contribution is -2.38. The number of benzene rings is 1. The van der Waals surface area contributed by atoms with Crippen LogP contribution in [0.5, 0.6) is 0 Å². The van der Waals surface area contributed by atoms with E-state index in [9.17, 15) is 20.2 Å². The summed E-state index contributed by atoms with van der Waals surface area (Å²) >= 11 is 11.1. The normalized spacial score (nSPS) is 18.6. The number of aryl methyl sites for hydroxylation is 1. The quantitative estimate of drug-likeness (QED) is 0.384. The van der Waals surface area contributed by atoms with E-state index in [2.05, 4.69) is 22.0 Å². The van der Waals surface area contributed by atoms with Gasteiger partial charge < -0.3 is 5.73 Å². The number of Topliss-reactive ketones (excluding diaryl/α,β-unsaturated/α-hetero) is 1. The molecule has 0 fully saturated rings. The van der Waals surface area contributed by atoms with Crippen LogP contribution >= 0.6 is 38.9 Å². The molecule has 1 aromatic heterocycles. The molecule has 1 unspecified atom stereocenters. The van der Waals surface area contributed by atoms with E-state index in [4.69, 9.17) is 17.3 Å². The Labute approximate surface area is 202 Å². The lowest BCUT2D eigenvalue weighted by molar-refractivity contribution is -0.384. The number of rotatable bonds is 4. The summed E-state index contributed by atoms with van der Waals surface area (Å²) in [4.78, 5) is 27.9. The largest absolute Gasteiger partial charge is 0.384 e. The van der Waals surface area contributed by atoms with Crippen LogP contribution in [-0.4, -0.2) is 10.7 Å². The van der Waals surface area contributed by atoms with E-state index in [1.807, 2.05) is 13.0 Å². The van der Waals surface area contributed by atoms with Crippen molar-refractivity contribution in [3.8, 4) is 6.07 Å². The van der Waals surface area contributed by atoms with E-state index in [1.165, 1.54) is 34.4 Å². The smallest absolute Gasteiger partial charge is 0.294 e. The molecule has 0 amide bonds. The van der Waals surface area contributed by atoms with Crippen molar-refractivity contribution in [1.82, 2.24) is 0 Å². The third kappa shape index (κ3) is 3.62. The van der Waals surface area contributed by atoms with Gasteiger partial charge >= 0.3 is 0 Å². The highest BCUT2D eigenvalue weighted by Crippen LogP contribution is 2.50. The molecule has 1 aliphatic carbocycles. The van der Waals surface area contributed by atoms with Crippen molar-refractivity contribution >= 4 is 56.0 Å². The molecule has 4 rings (SSSR count). The Balaban J connectivity index is 2.00. The summed E-state index contributed by atoms with van der Waals surface area (Å²) in [5.74, 6) is -0.563. The van der Waals surface area contributed by atoms with Crippen LogP contribution in [-0.2, 0) is 11.2 Å². The molecule has 2 aromatic rings. The molecule has 7 nitrogen and oxygen atoms in total. The van der Waals surface area contributed by atoms with E-state index in [0.29, 0.717) is 30.5 Å². The van der Waals surface area contributed by atoms with Gasteiger partial charge in [0.05, 0.1) is 22.5 Å². The number of nitro benzene ring substituents is 1. The number of nitrogens with two attached hydrogens (primary N) is 1. The third-order valence-corrected chi connectivity index (χ3v) is 8.22. The zero-order valence-corrected chi connectivity index (χ0v) is 20.2. The van der Waals surface area contributed by atoms with Crippen LogP contribution in [0.2, 0.25) is 5.02 Å². The lowest BCUT2D eigenvalue weighted by Gasteiger charge is -2.39. The van der Waals surface area contributed by atoms with Crippen LogP contribution < -0.4 is 10.6 Å². The second-order valence-corrected chi connectivity index (χ2v) is 9.94. The number of anilines is 1. The van der Waals surface area contributed by atoms with Crippen molar-refractivity contribution in [2.24, 2.45) is 5.73 Å². The highest BCUT2D eigenvalue weighted by molar-refractivity contribution is 9.10. The number of nitrogens with zero attached hydrogens (tertiary/aromatic N) is 3. The molecule has 0 bridgehead atoms. The minimum absolute atomic E-state index is 0.0688. The molecule has 0 saturated carbocycles. The number of carbonyl (C=O) groups is 1. The predicted molar refractivity (Wildman–Crippen MR) is 127 cm³/mol. The fraction of sp³-hybridized carbons (Fsp3) is 0.273. The van der Waals surface area contributed by atoms with Crippen LogP contribution in [0.25, 0.3) is 0 Å². The van der Waals surface area contributed by atoms with Gasteiger partial charge in [-0.1, -0.05) is 18.5 Å². The van der Waals surface area contributed by atoms with Crippen molar-refractivity contribution in [3.05, 3.63) is 76.3 Å². The lowest BCUT2D eigenvalue weighted by atomic mass is 9.78. The van der Waals surface area contributed by atoms with E-state index in [-0.39, 0.29) is 33.6 Å². The number of carbonyl (C=O) groups excluding carboxylic acids is 1.